The molecule has 0 fully saturated rings. The first-order valence-corrected chi connectivity index (χ1v) is 16.6. The quantitative estimate of drug-likeness (QED) is 0.177. The maximum atomic E-state index is 8.71. The van der Waals surface area contributed by atoms with Crippen molar-refractivity contribution in [1.29, 1.82) is 0 Å². The van der Waals surface area contributed by atoms with Crippen molar-refractivity contribution in [3.8, 4) is 28.2 Å². The summed E-state index contributed by atoms with van der Waals surface area (Å²) < 4.78 is 62.4. The Bertz CT molecular complexity index is 2740. The Morgan fingerprint density at radius 2 is 1.40 bits per heavy atom. The molecule has 0 unspecified atom stereocenters. The van der Waals surface area contributed by atoms with E-state index in [4.69, 9.17) is 12.6 Å². The van der Waals surface area contributed by atoms with Crippen LogP contribution in [-0.2, 0) is 7.05 Å². The summed E-state index contributed by atoms with van der Waals surface area (Å²) in [4.78, 5) is 4.63. The maximum absolute atomic E-state index is 8.71. The molecular weight excluding hydrogens is 587 g/mol. The van der Waals surface area contributed by atoms with E-state index >= 15 is 0 Å². The molecule has 0 N–H and O–H groups in total. The summed E-state index contributed by atoms with van der Waals surface area (Å²) in [6, 6.07) is 32.2. The number of imidazole rings is 1. The SMILES string of the molecule is [2H]C([2H])([2H])c1nc2oc3c(-c4n(-c5c(C(C)C)cc(-c6ccccc6)cc5C(C)C)c5ccccc5[n+]4C)c(C)cc(C([2H])([2H])[2H])c3c2c2ccccc12. The van der Waals surface area contributed by atoms with E-state index in [0.717, 1.165) is 33.7 Å². The number of aryl methyl sites for hydroxylation is 4. The van der Waals surface area contributed by atoms with Gasteiger partial charge < -0.3 is 4.42 Å². The van der Waals surface area contributed by atoms with Crippen LogP contribution in [0.3, 0.4) is 0 Å². The molecule has 238 valence electrons. The Morgan fingerprint density at radius 1 is 0.729 bits per heavy atom. The smallest absolute Gasteiger partial charge is 0.299 e. The van der Waals surface area contributed by atoms with E-state index < -0.39 is 13.7 Å². The fourth-order valence-electron chi connectivity index (χ4n) is 7.50. The van der Waals surface area contributed by atoms with Crippen LogP contribution in [0.1, 0.15) is 75.7 Å². The molecule has 0 aliphatic carbocycles. The Hall–Kier alpha value is -5.22. The van der Waals surface area contributed by atoms with Crippen LogP contribution >= 0.6 is 0 Å². The number of fused-ring (bicyclic) bond motifs is 6. The largest absolute Gasteiger partial charge is 0.437 e. The van der Waals surface area contributed by atoms with E-state index in [0.29, 0.717) is 38.3 Å². The van der Waals surface area contributed by atoms with Crippen molar-refractivity contribution in [3.05, 3.63) is 125 Å². The van der Waals surface area contributed by atoms with Crippen LogP contribution in [-0.4, -0.2) is 9.55 Å². The van der Waals surface area contributed by atoms with E-state index in [9.17, 15) is 0 Å². The number of furan rings is 1. The number of nitrogens with zero attached hydrogens (tertiary/aromatic N) is 3. The first-order chi connectivity index (χ1) is 25.6. The minimum atomic E-state index is -2.52. The van der Waals surface area contributed by atoms with E-state index in [1.54, 1.807) is 18.2 Å². The molecule has 0 aliphatic rings. The Labute approximate surface area is 290 Å². The summed E-state index contributed by atoms with van der Waals surface area (Å²) in [6.07, 6.45) is 0. The summed E-state index contributed by atoms with van der Waals surface area (Å²) in [5, 5.41) is 1.92. The highest BCUT2D eigenvalue weighted by atomic mass is 16.3. The molecule has 0 saturated carbocycles. The predicted molar refractivity (Wildman–Crippen MR) is 200 cm³/mol. The summed E-state index contributed by atoms with van der Waals surface area (Å²) in [7, 11) is 2.03. The van der Waals surface area contributed by atoms with Crippen LogP contribution in [0.2, 0.25) is 0 Å². The highest BCUT2D eigenvalue weighted by Gasteiger charge is 2.34. The van der Waals surface area contributed by atoms with Gasteiger partial charge in [-0.3, -0.25) is 0 Å². The van der Waals surface area contributed by atoms with E-state index in [-0.39, 0.29) is 28.8 Å². The van der Waals surface area contributed by atoms with Crippen LogP contribution < -0.4 is 4.57 Å². The van der Waals surface area contributed by atoms with Crippen molar-refractivity contribution >= 4 is 43.9 Å². The van der Waals surface area contributed by atoms with Crippen molar-refractivity contribution in [1.82, 2.24) is 9.55 Å². The predicted octanol–water partition coefficient (Wildman–Crippen LogP) is 11.4. The second-order valence-corrected chi connectivity index (χ2v) is 13.5. The van der Waals surface area contributed by atoms with Gasteiger partial charge >= 0.3 is 0 Å². The second-order valence-electron chi connectivity index (χ2n) is 13.5. The number of para-hydroxylation sites is 2. The van der Waals surface area contributed by atoms with Crippen molar-refractivity contribution in [2.75, 3.05) is 0 Å². The lowest BCUT2D eigenvalue weighted by Crippen LogP contribution is -2.30. The fraction of sp³-hybridized carbons (Fsp3) is 0.227. The molecule has 48 heavy (non-hydrogen) atoms. The third kappa shape index (κ3) is 4.42. The molecule has 8 rings (SSSR count). The topological polar surface area (TPSA) is 34.8 Å². The van der Waals surface area contributed by atoms with Crippen molar-refractivity contribution in [3.63, 3.8) is 0 Å². The molecule has 0 amide bonds. The highest BCUT2D eigenvalue weighted by Crippen LogP contribution is 2.45. The molecule has 3 heterocycles. The van der Waals surface area contributed by atoms with Crippen LogP contribution in [0, 0.1) is 20.6 Å². The summed E-state index contributed by atoms with van der Waals surface area (Å²) in [6.45, 7) is 5.77. The highest BCUT2D eigenvalue weighted by molar-refractivity contribution is 6.21. The van der Waals surface area contributed by atoms with Gasteiger partial charge in [0.1, 0.15) is 11.3 Å². The lowest BCUT2D eigenvalue weighted by Gasteiger charge is -2.21. The first kappa shape index (κ1) is 24.0. The van der Waals surface area contributed by atoms with E-state index in [1.807, 2.05) is 44.3 Å². The van der Waals surface area contributed by atoms with Gasteiger partial charge in [0.05, 0.1) is 12.4 Å². The van der Waals surface area contributed by atoms with Crippen molar-refractivity contribution in [2.45, 2.75) is 60.2 Å². The third-order valence-corrected chi connectivity index (χ3v) is 9.79. The number of hydrogen-bond acceptors (Lipinski definition) is 2. The molecule has 0 aliphatic heterocycles. The molecule has 0 spiro atoms. The zero-order valence-corrected chi connectivity index (χ0v) is 28.1. The fourth-order valence-corrected chi connectivity index (χ4v) is 7.50. The molecule has 0 atom stereocenters. The second kappa shape index (κ2) is 11.2. The monoisotopic (exact) mass is 634 g/mol. The Kier molecular flexibility index (Phi) is 5.60. The van der Waals surface area contributed by atoms with Gasteiger partial charge in [0.2, 0.25) is 5.71 Å². The van der Waals surface area contributed by atoms with Gasteiger partial charge in [0, 0.05) is 35.8 Å². The van der Waals surface area contributed by atoms with E-state index in [2.05, 4.69) is 90.3 Å². The lowest BCUT2D eigenvalue weighted by atomic mass is 9.88. The number of pyridine rings is 1. The molecule has 4 nitrogen and oxygen atoms in total. The van der Waals surface area contributed by atoms with Gasteiger partial charge in [-0.2, -0.15) is 4.57 Å². The van der Waals surface area contributed by atoms with E-state index in [1.165, 1.54) is 11.1 Å². The molecule has 0 radical (unpaired) electrons. The number of rotatable bonds is 5. The molecule has 5 aromatic carbocycles. The van der Waals surface area contributed by atoms with Gasteiger partial charge in [0.25, 0.3) is 5.82 Å². The maximum Gasteiger partial charge on any atom is 0.299 e. The van der Waals surface area contributed by atoms with Crippen molar-refractivity contribution < 1.29 is 17.2 Å². The van der Waals surface area contributed by atoms with Gasteiger partial charge in [-0.1, -0.05) is 100 Å². The first-order valence-electron chi connectivity index (χ1n) is 19.6. The average molecular weight is 635 g/mol. The minimum absolute atomic E-state index is 0.0836. The average Bonchev–Trinajstić information content (AvgIpc) is 3.65. The summed E-state index contributed by atoms with van der Waals surface area (Å²) >= 11 is 0. The molecule has 0 bridgehead atoms. The Morgan fingerprint density at radius 3 is 2.08 bits per heavy atom. The zero-order valence-electron chi connectivity index (χ0n) is 34.1. The van der Waals surface area contributed by atoms with Crippen LogP contribution in [0.25, 0.3) is 72.1 Å². The number of aromatic nitrogens is 3. The van der Waals surface area contributed by atoms with Gasteiger partial charge in [0.15, 0.2) is 16.6 Å². The Balaban J connectivity index is 1.58. The summed E-state index contributed by atoms with van der Waals surface area (Å²) in [5.74, 6) is 1.12. The molecular formula is C44H42N3O+. The molecule has 4 heteroatoms. The third-order valence-electron chi connectivity index (χ3n) is 9.79. The normalized spacial score (nSPS) is 14.5. The number of hydrogen-bond donors (Lipinski definition) is 0. The lowest BCUT2D eigenvalue weighted by molar-refractivity contribution is -0.633. The van der Waals surface area contributed by atoms with Gasteiger partial charge in [-0.25, -0.2) is 9.55 Å². The van der Waals surface area contributed by atoms with Crippen LogP contribution in [0.4, 0.5) is 0 Å². The molecule has 3 aromatic heterocycles. The van der Waals surface area contributed by atoms with Crippen LogP contribution in [0.15, 0.2) is 101 Å². The number of benzene rings is 5. The summed E-state index contributed by atoms with van der Waals surface area (Å²) in [5.41, 5.74) is 9.62. The van der Waals surface area contributed by atoms with Crippen LogP contribution in [0.5, 0.6) is 0 Å². The van der Waals surface area contributed by atoms with Crippen molar-refractivity contribution in [2.24, 2.45) is 7.05 Å². The molecule has 8 aromatic rings. The minimum Gasteiger partial charge on any atom is -0.437 e. The standard InChI is InChI=1S/C44H42N3O/c1-25(2)34-23-31(30-16-10-9-11-17-30)24-35(26(3)4)41(34)47-37-21-15-14-20-36(37)46(8)44(47)39-28(6)22-27(5)38-40-33-19-13-12-18-32(33)29(7)45-43(40)48-42(38)39/h9-26H,1-8H3/q+1/i5D3,7D3. The zero-order chi connectivity index (χ0) is 38.4. The molecule has 0 saturated heterocycles. The van der Waals surface area contributed by atoms with Gasteiger partial charge in [-0.05, 0) is 84.4 Å². The van der Waals surface area contributed by atoms with Gasteiger partial charge in [-0.15, -0.1) is 0 Å².